The molecular formula is C13H14BrNO4. The molecule has 0 unspecified atom stereocenters. The molecular weight excluding hydrogens is 314 g/mol. The third kappa shape index (κ3) is 2.79. The Kier molecular flexibility index (Phi) is 3.91. The van der Waals surface area contributed by atoms with Gasteiger partial charge in [0.15, 0.2) is 0 Å². The van der Waals surface area contributed by atoms with E-state index < -0.39 is 18.1 Å². The summed E-state index contributed by atoms with van der Waals surface area (Å²) in [7, 11) is 0. The Bertz CT molecular complexity index is 531. The van der Waals surface area contributed by atoms with E-state index in [9.17, 15) is 14.7 Å². The number of carboxylic acid groups (broad SMARTS) is 1. The highest BCUT2D eigenvalue weighted by Crippen LogP contribution is 2.23. The molecule has 1 aliphatic heterocycles. The second kappa shape index (κ2) is 5.30. The van der Waals surface area contributed by atoms with Crippen molar-refractivity contribution in [2.24, 2.45) is 0 Å². The van der Waals surface area contributed by atoms with Gasteiger partial charge in [-0.15, -0.1) is 0 Å². The van der Waals surface area contributed by atoms with E-state index in [4.69, 9.17) is 5.11 Å². The zero-order valence-corrected chi connectivity index (χ0v) is 11.9. The second-order valence-electron chi connectivity index (χ2n) is 4.67. The number of hydrogen-bond donors (Lipinski definition) is 2. The highest BCUT2D eigenvalue weighted by Gasteiger charge is 2.39. The number of aliphatic hydroxyl groups excluding tert-OH is 1. The molecule has 1 aromatic carbocycles. The van der Waals surface area contributed by atoms with Gasteiger partial charge < -0.3 is 15.1 Å². The number of carbonyl (C=O) groups excluding carboxylic acids is 1. The minimum absolute atomic E-state index is 0.0604. The van der Waals surface area contributed by atoms with Crippen LogP contribution in [0.2, 0.25) is 0 Å². The van der Waals surface area contributed by atoms with Crippen LogP contribution in [0.15, 0.2) is 22.7 Å². The zero-order valence-electron chi connectivity index (χ0n) is 10.3. The van der Waals surface area contributed by atoms with E-state index in [1.165, 1.54) is 4.90 Å². The lowest BCUT2D eigenvalue weighted by molar-refractivity contribution is -0.141. The van der Waals surface area contributed by atoms with Gasteiger partial charge in [-0.1, -0.05) is 15.9 Å². The van der Waals surface area contributed by atoms with Crippen molar-refractivity contribution >= 4 is 27.8 Å². The average Bonchev–Trinajstić information content (AvgIpc) is 2.74. The number of aryl methyl sites for hydroxylation is 1. The number of rotatable bonds is 2. The lowest BCUT2D eigenvalue weighted by Gasteiger charge is -2.21. The highest BCUT2D eigenvalue weighted by molar-refractivity contribution is 9.10. The number of β-amino-alcohol motifs (C(OH)–C–C–N with tert-alkyl or cyclic N) is 1. The quantitative estimate of drug-likeness (QED) is 0.861. The summed E-state index contributed by atoms with van der Waals surface area (Å²) in [4.78, 5) is 24.6. The van der Waals surface area contributed by atoms with E-state index in [2.05, 4.69) is 15.9 Å². The van der Waals surface area contributed by atoms with Crippen molar-refractivity contribution < 1.29 is 19.8 Å². The minimum atomic E-state index is -1.08. The van der Waals surface area contributed by atoms with E-state index in [0.717, 1.165) is 10.0 Å². The lowest BCUT2D eigenvalue weighted by atomic mass is 10.1. The number of carboxylic acids is 1. The molecule has 102 valence electrons. The van der Waals surface area contributed by atoms with Crippen molar-refractivity contribution in [3.05, 3.63) is 33.8 Å². The summed E-state index contributed by atoms with van der Waals surface area (Å²) in [6, 6.07) is 4.15. The first-order chi connectivity index (χ1) is 8.90. The van der Waals surface area contributed by atoms with Crippen LogP contribution >= 0.6 is 15.9 Å². The molecule has 0 saturated carbocycles. The molecule has 0 bridgehead atoms. The molecule has 1 saturated heterocycles. The minimum Gasteiger partial charge on any atom is -0.480 e. The molecule has 6 heteroatoms. The number of nitrogens with zero attached hydrogens (tertiary/aromatic N) is 1. The summed E-state index contributed by atoms with van der Waals surface area (Å²) in [5.74, 6) is -1.45. The van der Waals surface area contributed by atoms with Gasteiger partial charge in [0.1, 0.15) is 6.04 Å². The largest absolute Gasteiger partial charge is 0.480 e. The molecule has 2 N–H and O–H groups in total. The Hall–Kier alpha value is -1.40. The topological polar surface area (TPSA) is 77.8 Å². The molecule has 1 amide bonds. The van der Waals surface area contributed by atoms with Gasteiger partial charge in [0, 0.05) is 23.0 Å². The zero-order chi connectivity index (χ0) is 14.2. The smallest absolute Gasteiger partial charge is 0.326 e. The number of benzene rings is 1. The van der Waals surface area contributed by atoms with E-state index in [1.54, 1.807) is 18.2 Å². The summed E-state index contributed by atoms with van der Waals surface area (Å²) < 4.78 is 0.889. The van der Waals surface area contributed by atoms with Crippen molar-refractivity contribution in [3.63, 3.8) is 0 Å². The molecule has 1 aromatic rings. The fourth-order valence-electron chi connectivity index (χ4n) is 2.22. The Labute approximate surface area is 119 Å². The van der Waals surface area contributed by atoms with Crippen molar-refractivity contribution in [2.75, 3.05) is 6.54 Å². The number of hydrogen-bond acceptors (Lipinski definition) is 3. The molecule has 1 heterocycles. The Morgan fingerprint density at radius 3 is 2.68 bits per heavy atom. The first-order valence-corrected chi connectivity index (χ1v) is 6.67. The molecule has 5 nitrogen and oxygen atoms in total. The maximum absolute atomic E-state index is 12.3. The number of aliphatic hydroxyl groups is 1. The van der Waals surface area contributed by atoms with Crippen LogP contribution < -0.4 is 0 Å². The van der Waals surface area contributed by atoms with Crippen molar-refractivity contribution in [2.45, 2.75) is 25.5 Å². The number of carbonyl (C=O) groups is 2. The molecule has 2 atom stereocenters. The predicted molar refractivity (Wildman–Crippen MR) is 72.0 cm³/mol. The Balaban J connectivity index is 2.27. The molecule has 0 radical (unpaired) electrons. The predicted octanol–water partition coefficient (Wildman–Crippen LogP) is 1.42. The van der Waals surface area contributed by atoms with Gasteiger partial charge in [-0.25, -0.2) is 4.79 Å². The van der Waals surface area contributed by atoms with E-state index in [1.807, 2.05) is 6.92 Å². The van der Waals surface area contributed by atoms with E-state index >= 15 is 0 Å². The summed E-state index contributed by atoms with van der Waals surface area (Å²) in [6.45, 7) is 1.92. The van der Waals surface area contributed by atoms with Crippen LogP contribution in [-0.2, 0) is 4.79 Å². The fourth-order valence-corrected chi connectivity index (χ4v) is 2.46. The number of halogens is 1. The maximum Gasteiger partial charge on any atom is 0.326 e. The highest BCUT2D eigenvalue weighted by atomic mass is 79.9. The lowest BCUT2D eigenvalue weighted by Crippen LogP contribution is -2.40. The normalized spacial score (nSPS) is 22.6. The summed E-state index contributed by atoms with van der Waals surface area (Å²) in [6.07, 6.45) is -0.696. The number of aliphatic carboxylic acids is 1. The molecule has 2 rings (SSSR count). The summed E-state index contributed by atoms with van der Waals surface area (Å²) >= 11 is 3.35. The van der Waals surface area contributed by atoms with Crippen LogP contribution in [-0.4, -0.2) is 45.7 Å². The number of likely N-dealkylation sites (tertiary alicyclic amines) is 1. The van der Waals surface area contributed by atoms with Crippen LogP contribution in [0, 0.1) is 6.92 Å². The van der Waals surface area contributed by atoms with Gasteiger partial charge in [0.25, 0.3) is 5.91 Å². The maximum atomic E-state index is 12.3. The van der Waals surface area contributed by atoms with Crippen molar-refractivity contribution in [3.8, 4) is 0 Å². The molecule has 1 fully saturated rings. The van der Waals surface area contributed by atoms with E-state index in [0.29, 0.717) is 5.56 Å². The molecule has 19 heavy (non-hydrogen) atoms. The summed E-state index contributed by atoms with van der Waals surface area (Å²) in [5, 5.41) is 18.6. The van der Waals surface area contributed by atoms with Gasteiger partial charge >= 0.3 is 5.97 Å². The van der Waals surface area contributed by atoms with Gasteiger partial charge in [-0.2, -0.15) is 0 Å². The van der Waals surface area contributed by atoms with Crippen molar-refractivity contribution in [1.82, 2.24) is 4.90 Å². The van der Waals surface area contributed by atoms with Gasteiger partial charge in [-0.05, 0) is 30.7 Å². The second-order valence-corrected chi connectivity index (χ2v) is 5.52. The molecule has 0 aliphatic carbocycles. The first-order valence-electron chi connectivity index (χ1n) is 5.88. The van der Waals surface area contributed by atoms with Crippen LogP contribution in [0.25, 0.3) is 0 Å². The third-order valence-electron chi connectivity index (χ3n) is 3.23. The van der Waals surface area contributed by atoms with Crippen LogP contribution in [0.4, 0.5) is 0 Å². The molecule has 1 aliphatic rings. The van der Waals surface area contributed by atoms with Crippen molar-refractivity contribution in [1.29, 1.82) is 0 Å². The monoisotopic (exact) mass is 327 g/mol. The first kappa shape index (κ1) is 14.0. The Morgan fingerprint density at radius 2 is 2.11 bits per heavy atom. The van der Waals surface area contributed by atoms with Crippen LogP contribution in [0.1, 0.15) is 22.3 Å². The molecule has 0 aromatic heterocycles. The fraction of sp³-hybridized carbons (Fsp3) is 0.385. The number of amides is 1. The van der Waals surface area contributed by atoms with Crippen LogP contribution in [0.5, 0.6) is 0 Å². The van der Waals surface area contributed by atoms with Crippen LogP contribution in [0.3, 0.4) is 0 Å². The van der Waals surface area contributed by atoms with Gasteiger partial charge in [-0.3, -0.25) is 4.79 Å². The Morgan fingerprint density at radius 1 is 1.42 bits per heavy atom. The summed E-state index contributed by atoms with van der Waals surface area (Å²) in [5.41, 5.74) is 1.33. The third-order valence-corrected chi connectivity index (χ3v) is 4.12. The van der Waals surface area contributed by atoms with E-state index in [-0.39, 0.29) is 18.9 Å². The van der Waals surface area contributed by atoms with Gasteiger partial charge in [0.05, 0.1) is 6.10 Å². The SMILES string of the molecule is Cc1cc(C(=O)N2C[C@H](O)C[C@@H]2C(=O)O)ccc1Br. The molecule has 0 spiro atoms. The standard InChI is InChI=1S/C13H14BrNO4/c1-7-4-8(2-3-10(7)14)12(17)15-6-9(16)5-11(15)13(18)19/h2-4,9,11,16H,5-6H2,1H3,(H,18,19)/t9-,11-/m1/s1. The average molecular weight is 328 g/mol. The van der Waals surface area contributed by atoms with Gasteiger partial charge in [0.2, 0.25) is 0 Å².